The first kappa shape index (κ1) is 21.5. The minimum atomic E-state index is -0.0952. The number of carbonyl (C=O) groups is 1. The first-order valence-electron chi connectivity index (χ1n) is 10.2. The van der Waals surface area contributed by atoms with Gasteiger partial charge in [-0.15, -0.1) is 22.7 Å². The van der Waals surface area contributed by atoms with Gasteiger partial charge in [0.25, 0.3) is 5.91 Å². The summed E-state index contributed by atoms with van der Waals surface area (Å²) in [6, 6.07) is 9.81. The third kappa shape index (κ3) is 4.65. The molecule has 6 nitrogen and oxygen atoms in total. The maximum Gasteiger partial charge on any atom is 0.285 e. The van der Waals surface area contributed by atoms with Crippen molar-refractivity contribution in [1.29, 1.82) is 0 Å². The standard InChI is InChI=1S/C23H25N3O3S2/c1-14(2)29-19-13-16(9-10-18(19)28-4)17-7-5-11-26(25-17)23(27)21-15(3)24-22(31-21)20-8-6-12-30-20/h6,8-10,12-14H,5,7,11H2,1-4H3. The van der Waals surface area contributed by atoms with E-state index in [0.29, 0.717) is 22.9 Å². The maximum absolute atomic E-state index is 13.2. The molecular weight excluding hydrogens is 430 g/mol. The van der Waals surface area contributed by atoms with Crippen LogP contribution in [0.15, 0.2) is 40.8 Å². The van der Waals surface area contributed by atoms with Crippen LogP contribution >= 0.6 is 22.7 Å². The second-order valence-electron chi connectivity index (χ2n) is 7.52. The maximum atomic E-state index is 13.2. The van der Waals surface area contributed by atoms with E-state index < -0.39 is 0 Å². The summed E-state index contributed by atoms with van der Waals surface area (Å²) in [4.78, 5) is 19.6. The van der Waals surface area contributed by atoms with Crippen molar-refractivity contribution < 1.29 is 14.3 Å². The molecule has 8 heteroatoms. The summed E-state index contributed by atoms with van der Waals surface area (Å²) in [5, 5.41) is 9.17. The van der Waals surface area contributed by atoms with Crippen LogP contribution in [-0.2, 0) is 0 Å². The van der Waals surface area contributed by atoms with Crippen molar-refractivity contribution in [3.8, 4) is 21.4 Å². The Hall–Kier alpha value is -2.71. The second-order valence-corrected chi connectivity index (χ2v) is 9.47. The van der Waals surface area contributed by atoms with E-state index in [-0.39, 0.29) is 12.0 Å². The number of methoxy groups -OCH3 is 1. The summed E-state index contributed by atoms with van der Waals surface area (Å²) in [6.45, 7) is 6.44. The molecule has 31 heavy (non-hydrogen) atoms. The van der Waals surface area contributed by atoms with E-state index in [1.54, 1.807) is 23.5 Å². The molecular formula is C23H25N3O3S2. The van der Waals surface area contributed by atoms with Gasteiger partial charge in [0.1, 0.15) is 9.88 Å². The molecule has 2 aromatic heterocycles. The molecule has 0 unspecified atom stereocenters. The number of amides is 1. The Labute approximate surface area is 190 Å². The molecule has 0 saturated heterocycles. The van der Waals surface area contributed by atoms with Gasteiger partial charge in [0, 0.05) is 12.1 Å². The SMILES string of the molecule is COc1ccc(C2=NN(C(=O)c3sc(-c4cccs4)nc3C)CCC2)cc1OC(C)C. The predicted molar refractivity (Wildman–Crippen MR) is 126 cm³/mol. The van der Waals surface area contributed by atoms with Gasteiger partial charge in [0.2, 0.25) is 0 Å². The zero-order valence-electron chi connectivity index (χ0n) is 18.0. The van der Waals surface area contributed by atoms with Crippen molar-refractivity contribution in [2.75, 3.05) is 13.7 Å². The number of aromatic nitrogens is 1. The molecule has 3 heterocycles. The highest BCUT2D eigenvalue weighted by Gasteiger charge is 2.25. The fraction of sp³-hybridized carbons (Fsp3) is 0.348. The molecule has 0 fully saturated rings. The first-order valence-corrected chi connectivity index (χ1v) is 11.9. The van der Waals surface area contributed by atoms with Gasteiger partial charge in [-0.3, -0.25) is 4.79 Å². The van der Waals surface area contributed by atoms with E-state index in [1.807, 2.05) is 56.5 Å². The van der Waals surface area contributed by atoms with Gasteiger partial charge >= 0.3 is 0 Å². The number of nitrogens with zero attached hydrogens (tertiary/aromatic N) is 3. The van der Waals surface area contributed by atoms with Crippen molar-refractivity contribution in [1.82, 2.24) is 9.99 Å². The monoisotopic (exact) mass is 455 g/mol. The average molecular weight is 456 g/mol. The molecule has 4 rings (SSSR count). The normalized spacial score (nSPS) is 14.0. The molecule has 0 spiro atoms. The summed E-state index contributed by atoms with van der Waals surface area (Å²) >= 11 is 3.06. The van der Waals surface area contributed by atoms with Crippen LogP contribution < -0.4 is 9.47 Å². The summed E-state index contributed by atoms with van der Waals surface area (Å²) in [5.74, 6) is 1.27. The number of carbonyl (C=O) groups excluding carboxylic acids is 1. The largest absolute Gasteiger partial charge is 0.493 e. The second kappa shape index (κ2) is 9.20. The van der Waals surface area contributed by atoms with Crippen LogP contribution in [0.3, 0.4) is 0 Å². The molecule has 162 valence electrons. The Balaban J connectivity index is 1.61. The topological polar surface area (TPSA) is 64.0 Å². The Kier molecular flexibility index (Phi) is 6.38. The Morgan fingerprint density at radius 1 is 1.23 bits per heavy atom. The minimum absolute atomic E-state index is 0.0300. The predicted octanol–water partition coefficient (Wildman–Crippen LogP) is 5.62. The molecule has 3 aromatic rings. The summed E-state index contributed by atoms with van der Waals surface area (Å²) < 4.78 is 11.3. The lowest BCUT2D eigenvalue weighted by molar-refractivity contribution is 0.0755. The summed E-state index contributed by atoms with van der Waals surface area (Å²) in [5.41, 5.74) is 2.56. The van der Waals surface area contributed by atoms with Gasteiger partial charge < -0.3 is 9.47 Å². The number of thiophene rings is 1. The van der Waals surface area contributed by atoms with E-state index in [9.17, 15) is 4.79 Å². The van der Waals surface area contributed by atoms with Gasteiger partial charge in [-0.05, 0) is 63.3 Å². The van der Waals surface area contributed by atoms with Crippen LogP contribution in [0.5, 0.6) is 11.5 Å². The van der Waals surface area contributed by atoms with Crippen molar-refractivity contribution >= 4 is 34.3 Å². The van der Waals surface area contributed by atoms with Crippen LogP contribution in [0, 0.1) is 6.92 Å². The van der Waals surface area contributed by atoms with Crippen molar-refractivity contribution in [3.63, 3.8) is 0 Å². The summed E-state index contributed by atoms with van der Waals surface area (Å²) in [6.07, 6.45) is 1.69. The molecule has 1 aliphatic heterocycles. The smallest absolute Gasteiger partial charge is 0.285 e. The molecule has 0 radical (unpaired) electrons. The first-order chi connectivity index (χ1) is 15.0. The van der Waals surface area contributed by atoms with Gasteiger partial charge in [-0.1, -0.05) is 6.07 Å². The van der Waals surface area contributed by atoms with Crippen molar-refractivity contribution in [2.24, 2.45) is 5.10 Å². The molecule has 0 bridgehead atoms. The third-order valence-electron chi connectivity index (χ3n) is 4.84. The summed E-state index contributed by atoms with van der Waals surface area (Å²) in [7, 11) is 1.63. The van der Waals surface area contributed by atoms with E-state index in [2.05, 4.69) is 4.98 Å². The van der Waals surface area contributed by atoms with Crippen LogP contribution in [0.1, 0.15) is 47.6 Å². The lowest BCUT2D eigenvalue weighted by Gasteiger charge is -2.24. The fourth-order valence-corrected chi connectivity index (χ4v) is 5.22. The zero-order valence-corrected chi connectivity index (χ0v) is 19.7. The van der Waals surface area contributed by atoms with E-state index in [0.717, 1.165) is 39.7 Å². The Morgan fingerprint density at radius 2 is 2.06 bits per heavy atom. The van der Waals surface area contributed by atoms with Gasteiger partial charge in [-0.2, -0.15) is 5.10 Å². The molecule has 0 atom stereocenters. The highest BCUT2D eigenvalue weighted by Crippen LogP contribution is 2.33. The molecule has 0 N–H and O–H groups in total. The van der Waals surface area contributed by atoms with Crippen LogP contribution in [0.4, 0.5) is 0 Å². The van der Waals surface area contributed by atoms with E-state index >= 15 is 0 Å². The van der Waals surface area contributed by atoms with Gasteiger partial charge in [-0.25, -0.2) is 9.99 Å². The highest BCUT2D eigenvalue weighted by molar-refractivity contribution is 7.22. The number of aryl methyl sites for hydroxylation is 1. The molecule has 1 amide bonds. The zero-order chi connectivity index (χ0) is 22.0. The van der Waals surface area contributed by atoms with Crippen LogP contribution in [-0.4, -0.2) is 41.4 Å². The average Bonchev–Trinajstić information content (AvgIpc) is 3.42. The van der Waals surface area contributed by atoms with E-state index in [4.69, 9.17) is 14.6 Å². The Morgan fingerprint density at radius 3 is 2.77 bits per heavy atom. The van der Waals surface area contributed by atoms with Crippen LogP contribution in [0.2, 0.25) is 0 Å². The minimum Gasteiger partial charge on any atom is -0.493 e. The quantitative estimate of drug-likeness (QED) is 0.484. The van der Waals surface area contributed by atoms with Crippen molar-refractivity contribution in [2.45, 2.75) is 39.7 Å². The fourth-order valence-electron chi connectivity index (χ4n) is 3.41. The van der Waals surface area contributed by atoms with Gasteiger partial charge in [0.15, 0.2) is 11.5 Å². The van der Waals surface area contributed by atoms with E-state index in [1.165, 1.54) is 11.3 Å². The molecule has 0 saturated carbocycles. The Bertz CT molecular complexity index is 1100. The number of rotatable bonds is 6. The lowest BCUT2D eigenvalue weighted by Crippen LogP contribution is -2.32. The molecule has 1 aromatic carbocycles. The number of ether oxygens (including phenoxy) is 2. The highest BCUT2D eigenvalue weighted by atomic mass is 32.1. The van der Waals surface area contributed by atoms with Gasteiger partial charge in [0.05, 0.1) is 29.5 Å². The van der Waals surface area contributed by atoms with Crippen molar-refractivity contribution in [3.05, 3.63) is 51.8 Å². The third-order valence-corrected chi connectivity index (χ3v) is 7.03. The number of hydrogen-bond acceptors (Lipinski definition) is 7. The number of benzene rings is 1. The lowest BCUT2D eigenvalue weighted by atomic mass is 10.0. The number of hydrogen-bond donors (Lipinski definition) is 0. The number of hydrazone groups is 1. The molecule has 1 aliphatic rings. The van der Waals surface area contributed by atoms with Crippen LogP contribution in [0.25, 0.3) is 9.88 Å². The molecule has 0 aliphatic carbocycles. The number of thiazole rings is 1.